The van der Waals surface area contributed by atoms with Crippen LogP contribution in [0.15, 0.2) is 23.3 Å². The second kappa shape index (κ2) is 5.70. The standard InChI is InChI=1S/C9H4N6O4/c10-4-6(5-11)12-13-9-7(14(16)17)2-1-3-8(9)15(18)19/h1-3,13H. The summed E-state index contributed by atoms with van der Waals surface area (Å²) in [6.45, 7) is 0. The topological polar surface area (TPSA) is 158 Å². The summed E-state index contributed by atoms with van der Waals surface area (Å²) in [6, 6.07) is 6.01. The summed E-state index contributed by atoms with van der Waals surface area (Å²) in [4.78, 5) is 19.8. The Labute approximate surface area is 105 Å². The third kappa shape index (κ3) is 2.98. The van der Waals surface area contributed by atoms with Gasteiger partial charge in [-0.15, -0.1) is 0 Å². The molecule has 0 saturated carbocycles. The number of nitrogens with zero attached hydrogens (tertiary/aromatic N) is 5. The van der Waals surface area contributed by atoms with Crippen LogP contribution in [-0.4, -0.2) is 15.6 Å². The summed E-state index contributed by atoms with van der Waals surface area (Å²) in [7, 11) is 0. The van der Waals surface area contributed by atoms with Crippen LogP contribution in [0.3, 0.4) is 0 Å². The second-order valence-electron chi connectivity index (χ2n) is 2.98. The van der Waals surface area contributed by atoms with E-state index in [1.807, 2.05) is 5.43 Å². The van der Waals surface area contributed by atoms with Crippen molar-refractivity contribution < 1.29 is 9.85 Å². The summed E-state index contributed by atoms with van der Waals surface area (Å²) < 4.78 is 0. The maximum absolute atomic E-state index is 10.7. The maximum Gasteiger partial charge on any atom is 0.301 e. The van der Waals surface area contributed by atoms with Crippen molar-refractivity contribution >= 4 is 22.8 Å². The molecule has 0 spiro atoms. The highest BCUT2D eigenvalue weighted by molar-refractivity contribution is 6.10. The minimum Gasteiger partial charge on any atom is -0.264 e. The van der Waals surface area contributed by atoms with Gasteiger partial charge >= 0.3 is 11.4 Å². The first-order chi connectivity index (χ1) is 9.01. The Bertz CT molecular complexity index is 605. The van der Waals surface area contributed by atoms with Gasteiger partial charge in [-0.25, -0.2) is 0 Å². The van der Waals surface area contributed by atoms with Crippen LogP contribution in [0.25, 0.3) is 0 Å². The molecule has 0 aromatic heterocycles. The number of anilines is 1. The lowest BCUT2D eigenvalue weighted by atomic mass is 10.2. The van der Waals surface area contributed by atoms with Crippen molar-refractivity contribution in [2.24, 2.45) is 5.10 Å². The van der Waals surface area contributed by atoms with Gasteiger partial charge in [-0.2, -0.15) is 15.6 Å². The number of hydrogen-bond donors (Lipinski definition) is 1. The lowest BCUT2D eigenvalue weighted by Crippen LogP contribution is -2.03. The highest BCUT2D eigenvalue weighted by Crippen LogP contribution is 2.33. The van der Waals surface area contributed by atoms with Gasteiger partial charge in [0.2, 0.25) is 11.4 Å². The molecule has 94 valence electrons. The highest BCUT2D eigenvalue weighted by atomic mass is 16.6. The van der Waals surface area contributed by atoms with Crippen LogP contribution in [0.1, 0.15) is 0 Å². The maximum atomic E-state index is 10.7. The zero-order chi connectivity index (χ0) is 14.4. The van der Waals surface area contributed by atoms with Gasteiger partial charge in [-0.05, 0) is 6.07 Å². The molecule has 0 fully saturated rings. The number of hydrogen-bond acceptors (Lipinski definition) is 8. The first-order valence-electron chi connectivity index (χ1n) is 4.57. The molecular weight excluding hydrogens is 256 g/mol. The van der Waals surface area contributed by atoms with Crippen molar-refractivity contribution in [3.05, 3.63) is 38.4 Å². The Morgan fingerprint density at radius 3 is 2.00 bits per heavy atom. The zero-order valence-corrected chi connectivity index (χ0v) is 9.10. The first kappa shape index (κ1) is 13.5. The summed E-state index contributed by atoms with van der Waals surface area (Å²) in [5.41, 5.74) is -0.291. The third-order valence-corrected chi connectivity index (χ3v) is 1.91. The molecule has 0 atom stereocenters. The summed E-state index contributed by atoms with van der Waals surface area (Å²) in [5.74, 6) is 0. The van der Waals surface area contributed by atoms with Crippen LogP contribution in [0, 0.1) is 42.9 Å². The molecule has 0 aliphatic carbocycles. The second-order valence-corrected chi connectivity index (χ2v) is 2.98. The molecule has 0 aliphatic rings. The van der Waals surface area contributed by atoms with E-state index in [9.17, 15) is 20.2 Å². The summed E-state index contributed by atoms with van der Waals surface area (Å²) >= 11 is 0. The molecule has 0 heterocycles. The van der Waals surface area contributed by atoms with Crippen molar-refractivity contribution in [2.75, 3.05) is 5.43 Å². The van der Waals surface area contributed by atoms with Gasteiger partial charge in [0.1, 0.15) is 12.1 Å². The molecule has 19 heavy (non-hydrogen) atoms. The Kier molecular flexibility index (Phi) is 4.06. The van der Waals surface area contributed by atoms with E-state index in [4.69, 9.17) is 10.5 Å². The molecule has 0 bridgehead atoms. The number of nitro benzene ring substituents is 2. The molecule has 0 radical (unpaired) electrons. The van der Waals surface area contributed by atoms with Crippen LogP contribution in [0.2, 0.25) is 0 Å². The SMILES string of the molecule is N#CC(C#N)=NNc1c([N+](=O)[O-])cccc1[N+](=O)[O-]. The number of benzene rings is 1. The molecule has 1 rings (SSSR count). The number of hydrazone groups is 1. The molecule has 1 aromatic carbocycles. The molecule has 0 aliphatic heterocycles. The Balaban J connectivity index is 3.36. The van der Waals surface area contributed by atoms with Crippen molar-refractivity contribution in [3.63, 3.8) is 0 Å². The monoisotopic (exact) mass is 260 g/mol. The molecule has 0 saturated heterocycles. The zero-order valence-electron chi connectivity index (χ0n) is 9.10. The van der Waals surface area contributed by atoms with Crippen molar-refractivity contribution in [2.45, 2.75) is 0 Å². The van der Waals surface area contributed by atoms with Crippen LogP contribution < -0.4 is 5.43 Å². The fourth-order valence-electron chi connectivity index (χ4n) is 1.13. The molecular formula is C9H4N6O4. The van der Waals surface area contributed by atoms with Gasteiger partial charge in [0.05, 0.1) is 9.85 Å². The Morgan fingerprint density at radius 1 is 1.16 bits per heavy atom. The van der Waals surface area contributed by atoms with Crippen LogP contribution in [0.5, 0.6) is 0 Å². The molecule has 1 N–H and O–H groups in total. The van der Waals surface area contributed by atoms with Crippen LogP contribution >= 0.6 is 0 Å². The Hall–Kier alpha value is -3.53. The van der Waals surface area contributed by atoms with Crippen molar-refractivity contribution in [1.29, 1.82) is 10.5 Å². The van der Waals surface area contributed by atoms with Crippen LogP contribution in [-0.2, 0) is 0 Å². The number of nitriles is 2. The average molecular weight is 260 g/mol. The molecule has 10 nitrogen and oxygen atoms in total. The van der Waals surface area contributed by atoms with Gasteiger partial charge in [0.25, 0.3) is 0 Å². The van der Waals surface area contributed by atoms with Gasteiger partial charge < -0.3 is 0 Å². The van der Waals surface area contributed by atoms with Gasteiger partial charge in [0, 0.05) is 12.1 Å². The van der Waals surface area contributed by atoms with Crippen LogP contribution in [0.4, 0.5) is 17.1 Å². The predicted molar refractivity (Wildman–Crippen MR) is 62.0 cm³/mol. The fraction of sp³-hybridized carbons (Fsp3) is 0. The van der Waals surface area contributed by atoms with E-state index >= 15 is 0 Å². The minimum absolute atomic E-state index is 0.500. The van der Waals surface area contributed by atoms with E-state index in [1.54, 1.807) is 0 Å². The van der Waals surface area contributed by atoms with E-state index in [0.717, 1.165) is 18.2 Å². The molecule has 0 unspecified atom stereocenters. The number of nitrogens with one attached hydrogen (secondary N) is 1. The number of nitro groups is 2. The van der Waals surface area contributed by atoms with E-state index in [-0.39, 0.29) is 0 Å². The normalized spacial score (nSPS) is 8.74. The lowest BCUT2D eigenvalue weighted by Gasteiger charge is -2.02. The summed E-state index contributed by atoms with van der Waals surface area (Å²) in [5, 5.41) is 41.6. The smallest absolute Gasteiger partial charge is 0.264 e. The van der Waals surface area contributed by atoms with Gasteiger partial charge in [0.15, 0.2) is 0 Å². The average Bonchev–Trinajstić information content (AvgIpc) is 2.39. The van der Waals surface area contributed by atoms with E-state index in [2.05, 4.69) is 5.10 Å². The lowest BCUT2D eigenvalue weighted by molar-refractivity contribution is -0.392. The third-order valence-electron chi connectivity index (χ3n) is 1.91. The molecule has 1 aromatic rings. The number of para-hydroxylation sites is 1. The van der Waals surface area contributed by atoms with Gasteiger partial charge in [-0.1, -0.05) is 0 Å². The largest absolute Gasteiger partial charge is 0.301 e. The fourth-order valence-corrected chi connectivity index (χ4v) is 1.13. The number of rotatable bonds is 4. The minimum atomic E-state index is -0.844. The molecule has 0 amide bonds. The van der Waals surface area contributed by atoms with Crippen molar-refractivity contribution in [1.82, 2.24) is 0 Å². The van der Waals surface area contributed by atoms with Crippen molar-refractivity contribution in [3.8, 4) is 12.1 Å². The predicted octanol–water partition coefficient (Wildman–Crippen LogP) is 1.32. The van der Waals surface area contributed by atoms with E-state index in [0.29, 0.717) is 0 Å². The summed E-state index contributed by atoms with van der Waals surface area (Å²) in [6.07, 6.45) is 0. The highest BCUT2D eigenvalue weighted by Gasteiger charge is 2.24. The Morgan fingerprint density at radius 2 is 1.63 bits per heavy atom. The van der Waals surface area contributed by atoms with Gasteiger partial charge in [-0.3, -0.25) is 25.7 Å². The first-order valence-corrected chi connectivity index (χ1v) is 4.57. The van der Waals surface area contributed by atoms with E-state index in [1.165, 1.54) is 12.1 Å². The van der Waals surface area contributed by atoms with E-state index < -0.39 is 32.6 Å². The quantitative estimate of drug-likeness (QED) is 0.485. The molecule has 10 heteroatoms.